The van der Waals surface area contributed by atoms with Gasteiger partial charge in [-0.15, -0.1) is 0 Å². The Bertz CT molecular complexity index is 1100. The fraction of sp³-hybridized carbons (Fsp3) is 0.0435. The number of nitrogens with one attached hydrogen (secondary N) is 1. The highest BCUT2D eigenvalue weighted by Crippen LogP contribution is 2.26. The number of imide groups is 1. The van der Waals surface area contributed by atoms with Gasteiger partial charge in [0, 0.05) is 11.1 Å². The van der Waals surface area contributed by atoms with Crippen molar-refractivity contribution < 1.29 is 18.7 Å². The summed E-state index contributed by atoms with van der Waals surface area (Å²) in [6.07, 6.45) is 1.56. The smallest absolute Gasteiger partial charge is 0.333 e. The van der Waals surface area contributed by atoms with Crippen molar-refractivity contribution in [2.45, 2.75) is 6.61 Å². The molecule has 1 fully saturated rings. The molecule has 1 saturated heterocycles. The van der Waals surface area contributed by atoms with E-state index in [0.717, 1.165) is 4.90 Å². The van der Waals surface area contributed by atoms with E-state index >= 15 is 0 Å². The molecule has 0 bridgehead atoms. The second-order valence-corrected chi connectivity index (χ2v) is 6.38. The molecule has 0 aliphatic carbocycles. The van der Waals surface area contributed by atoms with Crippen LogP contribution in [0.5, 0.6) is 5.75 Å². The largest absolute Gasteiger partial charge is 0.488 e. The van der Waals surface area contributed by atoms with Crippen LogP contribution in [0.1, 0.15) is 11.1 Å². The molecule has 0 aromatic heterocycles. The highest BCUT2D eigenvalue weighted by molar-refractivity contribution is 6.28. The lowest BCUT2D eigenvalue weighted by atomic mass is 10.1. The summed E-state index contributed by atoms with van der Waals surface area (Å²) in [4.78, 5) is 26.1. The maximum atomic E-state index is 13.8. The standard InChI is InChI=1S/C23H17FN2O3/c24-19-12-6-4-9-17(19)15-29-21-13-7-5-8-16(21)14-20-22(27)26(23(28)25-20)18-10-2-1-3-11-18/h1-14H,15H2,(H,25,28)/b20-14+. The van der Waals surface area contributed by atoms with Gasteiger partial charge in [0.15, 0.2) is 0 Å². The van der Waals surface area contributed by atoms with Crippen molar-refractivity contribution in [3.8, 4) is 5.75 Å². The first-order valence-electron chi connectivity index (χ1n) is 9.01. The first-order valence-corrected chi connectivity index (χ1v) is 9.01. The van der Waals surface area contributed by atoms with Crippen LogP contribution in [0.2, 0.25) is 0 Å². The predicted molar refractivity (Wildman–Crippen MR) is 108 cm³/mol. The lowest BCUT2D eigenvalue weighted by Gasteiger charge is -2.11. The Hall–Kier alpha value is -3.93. The third-order valence-electron chi connectivity index (χ3n) is 4.45. The molecule has 0 saturated carbocycles. The van der Waals surface area contributed by atoms with E-state index in [4.69, 9.17) is 4.74 Å². The third-order valence-corrected chi connectivity index (χ3v) is 4.45. The zero-order valence-corrected chi connectivity index (χ0v) is 15.3. The number of benzene rings is 3. The number of rotatable bonds is 5. The summed E-state index contributed by atoms with van der Waals surface area (Å²) in [5, 5.41) is 2.59. The first kappa shape index (κ1) is 18.4. The Balaban J connectivity index is 1.58. The predicted octanol–water partition coefficient (Wildman–Crippen LogP) is 4.50. The van der Waals surface area contributed by atoms with Crippen LogP contribution in [-0.2, 0) is 11.4 Å². The summed E-state index contributed by atoms with van der Waals surface area (Å²) < 4.78 is 19.6. The number of para-hydroxylation sites is 2. The molecule has 144 valence electrons. The Labute approximate surface area is 167 Å². The maximum absolute atomic E-state index is 13.8. The minimum Gasteiger partial charge on any atom is -0.488 e. The number of carbonyl (C=O) groups is 2. The molecule has 0 spiro atoms. The molecular formula is C23H17FN2O3. The fourth-order valence-corrected chi connectivity index (χ4v) is 3.00. The van der Waals surface area contributed by atoms with Crippen molar-refractivity contribution in [1.29, 1.82) is 0 Å². The van der Waals surface area contributed by atoms with E-state index in [-0.39, 0.29) is 18.1 Å². The van der Waals surface area contributed by atoms with Crippen molar-refractivity contribution in [3.63, 3.8) is 0 Å². The summed E-state index contributed by atoms with van der Waals surface area (Å²) in [5.74, 6) is -0.325. The molecule has 3 aromatic carbocycles. The molecule has 6 heteroatoms. The van der Waals surface area contributed by atoms with Crippen LogP contribution in [0.25, 0.3) is 6.08 Å². The minimum absolute atomic E-state index is 0.0449. The van der Waals surface area contributed by atoms with Gasteiger partial charge in [0.25, 0.3) is 5.91 Å². The third kappa shape index (κ3) is 3.87. The molecule has 1 aliphatic rings. The van der Waals surface area contributed by atoms with Crippen LogP contribution in [0.3, 0.4) is 0 Å². The molecule has 0 unspecified atom stereocenters. The molecular weight excluding hydrogens is 371 g/mol. The van der Waals surface area contributed by atoms with Crippen LogP contribution in [0, 0.1) is 5.82 Å². The van der Waals surface area contributed by atoms with Crippen molar-refractivity contribution in [2.24, 2.45) is 0 Å². The van der Waals surface area contributed by atoms with Gasteiger partial charge in [0.1, 0.15) is 23.9 Å². The number of nitrogens with zero attached hydrogens (tertiary/aromatic N) is 1. The van der Waals surface area contributed by atoms with E-state index < -0.39 is 11.9 Å². The Morgan fingerprint density at radius 1 is 0.897 bits per heavy atom. The van der Waals surface area contributed by atoms with Crippen molar-refractivity contribution >= 4 is 23.7 Å². The van der Waals surface area contributed by atoms with Crippen molar-refractivity contribution in [3.05, 3.63) is 102 Å². The number of ether oxygens (including phenoxy) is 1. The zero-order valence-electron chi connectivity index (χ0n) is 15.3. The number of anilines is 1. The van der Waals surface area contributed by atoms with Gasteiger partial charge in [-0.25, -0.2) is 14.1 Å². The van der Waals surface area contributed by atoms with Crippen LogP contribution in [0.15, 0.2) is 84.6 Å². The van der Waals surface area contributed by atoms with E-state index in [2.05, 4.69) is 5.32 Å². The lowest BCUT2D eigenvalue weighted by molar-refractivity contribution is -0.113. The fourth-order valence-electron chi connectivity index (χ4n) is 3.00. The van der Waals surface area contributed by atoms with E-state index in [1.807, 2.05) is 6.07 Å². The molecule has 0 radical (unpaired) electrons. The highest BCUT2D eigenvalue weighted by Gasteiger charge is 2.34. The number of hydrogen-bond acceptors (Lipinski definition) is 3. The summed E-state index contributed by atoms with van der Waals surface area (Å²) in [6.45, 7) is 0.0449. The molecule has 1 heterocycles. The Morgan fingerprint density at radius 3 is 2.38 bits per heavy atom. The average molecular weight is 388 g/mol. The maximum Gasteiger partial charge on any atom is 0.333 e. The normalized spacial score (nSPS) is 14.9. The molecule has 5 nitrogen and oxygen atoms in total. The van der Waals surface area contributed by atoms with Gasteiger partial charge in [-0.05, 0) is 30.3 Å². The first-order chi connectivity index (χ1) is 14.1. The molecule has 1 N–H and O–H groups in total. The summed E-state index contributed by atoms with van der Waals surface area (Å²) in [5.41, 5.74) is 1.65. The van der Waals surface area contributed by atoms with Crippen molar-refractivity contribution in [1.82, 2.24) is 5.32 Å². The van der Waals surface area contributed by atoms with E-state index in [0.29, 0.717) is 22.6 Å². The van der Waals surface area contributed by atoms with Crippen molar-refractivity contribution in [2.75, 3.05) is 4.90 Å². The molecule has 4 rings (SSSR count). The van der Waals surface area contributed by atoms with Crippen LogP contribution < -0.4 is 15.0 Å². The lowest BCUT2D eigenvalue weighted by Crippen LogP contribution is -2.30. The number of hydrogen-bond donors (Lipinski definition) is 1. The SMILES string of the molecule is O=C1N/C(=C/c2ccccc2OCc2ccccc2F)C(=O)N1c1ccccc1. The Kier molecular flexibility index (Phi) is 5.07. The molecule has 3 amide bonds. The van der Waals surface area contributed by atoms with E-state index in [1.54, 1.807) is 72.8 Å². The van der Waals surface area contributed by atoms with Crippen LogP contribution in [-0.4, -0.2) is 11.9 Å². The summed E-state index contributed by atoms with van der Waals surface area (Å²) in [6, 6.07) is 21.6. The van der Waals surface area contributed by atoms with Crippen LogP contribution >= 0.6 is 0 Å². The molecule has 0 atom stereocenters. The monoisotopic (exact) mass is 388 g/mol. The number of urea groups is 1. The van der Waals surface area contributed by atoms with E-state index in [1.165, 1.54) is 6.07 Å². The second-order valence-electron chi connectivity index (χ2n) is 6.38. The zero-order chi connectivity index (χ0) is 20.2. The summed E-state index contributed by atoms with van der Waals surface area (Å²) in [7, 11) is 0. The number of halogens is 1. The van der Waals surface area contributed by atoms with E-state index in [9.17, 15) is 14.0 Å². The summed E-state index contributed by atoms with van der Waals surface area (Å²) >= 11 is 0. The van der Waals surface area contributed by atoms with Gasteiger partial charge in [-0.2, -0.15) is 0 Å². The molecule has 3 aromatic rings. The molecule has 29 heavy (non-hydrogen) atoms. The van der Waals surface area contributed by atoms with Gasteiger partial charge in [-0.3, -0.25) is 4.79 Å². The quantitative estimate of drug-likeness (QED) is 0.517. The number of carbonyl (C=O) groups excluding carboxylic acids is 2. The topological polar surface area (TPSA) is 58.6 Å². The van der Waals surface area contributed by atoms with Gasteiger partial charge in [-0.1, -0.05) is 54.6 Å². The van der Waals surface area contributed by atoms with Gasteiger partial charge >= 0.3 is 6.03 Å². The van der Waals surface area contributed by atoms with Gasteiger partial charge in [0.2, 0.25) is 0 Å². The van der Waals surface area contributed by atoms with Crippen LogP contribution in [0.4, 0.5) is 14.9 Å². The number of amides is 3. The Morgan fingerprint density at radius 2 is 1.59 bits per heavy atom. The molecule has 1 aliphatic heterocycles. The minimum atomic E-state index is -0.516. The second kappa shape index (κ2) is 7.98. The highest BCUT2D eigenvalue weighted by atomic mass is 19.1. The van der Waals surface area contributed by atoms with Gasteiger partial charge in [0.05, 0.1) is 5.69 Å². The van der Waals surface area contributed by atoms with Gasteiger partial charge < -0.3 is 10.1 Å². The average Bonchev–Trinajstić information content (AvgIpc) is 3.02.